The van der Waals surface area contributed by atoms with Crippen LogP contribution < -0.4 is 5.32 Å². The highest BCUT2D eigenvalue weighted by atomic mass is 35.5. The van der Waals surface area contributed by atoms with E-state index in [1.54, 1.807) is 36.9 Å². The predicted octanol–water partition coefficient (Wildman–Crippen LogP) is 5.89. The molecule has 0 unspecified atom stereocenters. The fourth-order valence-electron chi connectivity index (χ4n) is 3.93. The molecule has 180 valence electrons. The van der Waals surface area contributed by atoms with Crippen molar-refractivity contribution in [2.45, 2.75) is 33.7 Å². The standard InChI is InChI=1S/C26H19ClN6O.C2H6/c1-15-4-19-5-16(6-20(10-28)24(19)30-11-15)7-21-9-18(2-3-29-21)26(34)33-13-17-8-22-23(27)14-32-25(22)31-12-17;1-2/h2-6,8-9,11-12,14H,7,13H2,1H3,(H,31,32)(H,33,34);1-2H3. The minimum Gasteiger partial charge on any atom is -0.348 e. The van der Waals surface area contributed by atoms with Crippen LogP contribution in [0.2, 0.25) is 5.02 Å². The molecular formula is C28H25ClN6O. The van der Waals surface area contributed by atoms with Crippen molar-refractivity contribution in [3.63, 3.8) is 0 Å². The summed E-state index contributed by atoms with van der Waals surface area (Å²) in [6, 6.07) is 13.4. The Morgan fingerprint density at radius 3 is 2.72 bits per heavy atom. The second kappa shape index (κ2) is 11.0. The van der Waals surface area contributed by atoms with E-state index in [2.05, 4.69) is 31.3 Å². The molecule has 0 fully saturated rings. The number of halogens is 1. The van der Waals surface area contributed by atoms with Gasteiger partial charge in [0.15, 0.2) is 0 Å². The van der Waals surface area contributed by atoms with Gasteiger partial charge in [-0.1, -0.05) is 25.4 Å². The van der Waals surface area contributed by atoms with E-state index in [1.807, 2.05) is 45.0 Å². The molecule has 1 amide bonds. The van der Waals surface area contributed by atoms with Crippen LogP contribution in [0.4, 0.5) is 0 Å². The number of amides is 1. The van der Waals surface area contributed by atoms with Gasteiger partial charge < -0.3 is 10.3 Å². The van der Waals surface area contributed by atoms with Gasteiger partial charge in [0.05, 0.1) is 16.1 Å². The first-order chi connectivity index (χ1) is 17.5. The van der Waals surface area contributed by atoms with Crippen LogP contribution in [-0.2, 0) is 13.0 Å². The van der Waals surface area contributed by atoms with Crippen molar-refractivity contribution >= 4 is 39.4 Å². The Morgan fingerprint density at radius 2 is 1.92 bits per heavy atom. The number of aromatic amines is 1. The van der Waals surface area contributed by atoms with Crippen LogP contribution in [0.15, 0.2) is 61.2 Å². The molecule has 36 heavy (non-hydrogen) atoms. The molecule has 4 heterocycles. The third-order valence-electron chi connectivity index (χ3n) is 5.55. The maximum Gasteiger partial charge on any atom is 0.251 e. The van der Waals surface area contributed by atoms with E-state index in [0.29, 0.717) is 40.3 Å². The minimum atomic E-state index is -0.208. The first-order valence-electron chi connectivity index (χ1n) is 11.6. The van der Waals surface area contributed by atoms with Crippen molar-refractivity contribution in [3.05, 3.63) is 99.7 Å². The zero-order valence-corrected chi connectivity index (χ0v) is 21.0. The van der Waals surface area contributed by atoms with Crippen molar-refractivity contribution in [1.29, 1.82) is 5.26 Å². The molecule has 0 aliphatic carbocycles. The van der Waals surface area contributed by atoms with Crippen LogP contribution in [0.5, 0.6) is 0 Å². The Kier molecular flexibility index (Phi) is 7.57. The maximum atomic E-state index is 12.8. The molecular weight excluding hydrogens is 472 g/mol. The highest BCUT2D eigenvalue weighted by Gasteiger charge is 2.11. The smallest absolute Gasteiger partial charge is 0.251 e. The van der Waals surface area contributed by atoms with Gasteiger partial charge in [0.1, 0.15) is 11.7 Å². The zero-order chi connectivity index (χ0) is 25.7. The third kappa shape index (κ3) is 5.35. The number of aromatic nitrogens is 4. The van der Waals surface area contributed by atoms with Gasteiger partial charge in [-0.05, 0) is 60.0 Å². The van der Waals surface area contributed by atoms with E-state index in [9.17, 15) is 10.1 Å². The Hall–Kier alpha value is -4.28. The lowest BCUT2D eigenvalue weighted by Gasteiger charge is -2.09. The summed E-state index contributed by atoms with van der Waals surface area (Å²) < 4.78 is 0. The number of carbonyl (C=O) groups excluding carboxylic acids is 1. The van der Waals surface area contributed by atoms with Crippen LogP contribution in [-0.4, -0.2) is 25.8 Å². The molecule has 0 radical (unpaired) electrons. The topological polar surface area (TPSA) is 107 Å². The summed E-state index contributed by atoms with van der Waals surface area (Å²) in [5.41, 5.74) is 5.97. The number of nitrogens with one attached hydrogen (secondary N) is 2. The predicted molar refractivity (Wildman–Crippen MR) is 142 cm³/mol. The van der Waals surface area contributed by atoms with Gasteiger partial charge in [-0.2, -0.15) is 5.26 Å². The van der Waals surface area contributed by atoms with Crippen molar-refractivity contribution in [1.82, 2.24) is 25.3 Å². The largest absolute Gasteiger partial charge is 0.348 e. The van der Waals surface area contributed by atoms with Crippen molar-refractivity contribution in [3.8, 4) is 6.07 Å². The van der Waals surface area contributed by atoms with E-state index in [4.69, 9.17) is 11.6 Å². The molecule has 0 bridgehead atoms. The summed E-state index contributed by atoms with van der Waals surface area (Å²) in [5.74, 6) is -0.208. The third-order valence-corrected chi connectivity index (χ3v) is 5.87. The summed E-state index contributed by atoms with van der Waals surface area (Å²) >= 11 is 6.16. The number of benzene rings is 1. The molecule has 8 heteroatoms. The minimum absolute atomic E-state index is 0.208. The normalized spacial score (nSPS) is 10.5. The summed E-state index contributed by atoms with van der Waals surface area (Å²) in [6.07, 6.45) is 7.26. The first-order valence-corrected chi connectivity index (χ1v) is 12.0. The lowest BCUT2D eigenvalue weighted by molar-refractivity contribution is 0.0950. The molecule has 7 nitrogen and oxygen atoms in total. The van der Waals surface area contributed by atoms with Gasteiger partial charge >= 0.3 is 0 Å². The first kappa shape index (κ1) is 24.8. The Balaban J connectivity index is 0.00000148. The molecule has 5 rings (SSSR count). The molecule has 0 saturated carbocycles. The summed E-state index contributed by atoms with van der Waals surface area (Å²) in [4.78, 5) is 28.9. The number of pyridine rings is 3. The Labute approximate surface area is 214 Å². The Morgan fingerprint density at radius 1 is 1.08 bits per heavy atom. The molecule has 5 aromatic rings. The van der Waals surface area contributed by atoms with Gasteiger partial charge in [-0.3, -0.25) is 14.8 Å². The number of nitrogens with zero attached hydrogens (tertiary/aromatic N) is 4. The molecule has 4 aromatic heterocycles. The fraction of sp³-hybridized carbons (Fsp3) is 0.179. The van der Waals surface area contributed by atoms with Crippen molar-refractivity contribution in [2.75, 3.05) is 0 Å². The summed E-state index contributed by atoms with van der Waals surface area (Å²) in [7, 11) is 0. The number of nitriles is 1. The molecule has 0 aliphatic heterocycles. The number of H-pyrrole nitrogens is 1. The summed E-state index contributed by atoms with van der Waals surface area (Å²) in [5, 5.41) is 14.8. The molecule has 0 spiro atoms. The fourth-order valence-corrected chi connectivity index (χ4v) is 4.13. The van der Waals surface area contributed by atoms with Crippen LogP contribution in [0, 0.1) is 18.3 Å². The highest BCUT2D eigenvalue weighted by molar-refractivity contribution is 6.35. The van der Waals surface area contributed by atoms with Crippen LogP contribution in [0.25, 0.3) is 21.9 Å². The summed E-state index contributed by atoms with van der Waals surface area (Å²) in [6.45, 7) is 6.29. The van der Waals surface area contributed by atoms with Gasteiger partial charge in [0, 0.05) is 59.8 Å². The average Bonchev–Trinajstić information content (AvgIpc) is 3.27. The van der Waals surface area contributed by atoms with Gasteiger partial charge in [0.2, 0.25) is 0 Å². The Bertz CT molecular complexity index is 1600. The van der Waals surface area contributed by atoms with Crippen molar-refractivity contribution < 1.29 is 4.79 Å². The SMILES string of the molecule is CC.Cc1cnc2c(C#N)cc(Cc3cc(C(=O)NCc4cnc5[nH]cc(Cl)c5c4)ccn3)cc2c1. The molecule has 0 atom stereocenters. The number of rotatable bonds is 5. The van der Waals surface area contributed by atoms with Gasteiger partial charge in [-0.15, -0.1) is 0 Å². The number of carbonyl (C=O) groups is 1. The van der Waals surface area contributed by atoms with E-state index in [1.165, 1.54) is 0 Å². The highest BCUT2D eigenvalue weighted by Crippen LogP contribution is 2.23. The number of fused-ring (bicyclic) bond motifs is 2. The van der Waals surface area contributed by atoms with E-state index < -0.39 is 0 Å². The lowest BCUT2D eigenvalue weighted by atomic mass is 10.0. The number of aryl methyl sites for hydroxylation is 1. The van der Waals surface area contributed by atoms with Crippen LogP contribution in [0.3, 0.4) is 0 Å². The number of hydrogen-bond donors (Lipinski definition) is 2. The van der Waals surface area contributed by atoms with Gasteiger partial charge in [-0.25, -0.2) is 4.98 Å². The van der Waals surface area contributed by atoms with E-state index in [0.717, 1.165) is 33.2 Å². The number of hydrogen-bond acceptors (Lipinski definition) is 5. The van der Waals surface area contributed by atoms with Crippen molar-refractivity contribution in [2.24, 2.45) is 0 Å². The molecule has 0 saturated heterocycles. The van der Waals surface area contributed by atoms with E-state index in [-0.39, 0.29) is 5.91 Å². The quantitative estimate of drug-likeness (QED) is 0.315. The molecule has 1 aromatic carbocycles. The molecule has 2 N–H and O–H groups in total. The molecule has 0 aliphatic rings. The van der Waals surface area contributed by atoms with Crippen LogP contribution in [0.1, 0.15) is 52.2 Å². The monoisotopic (exact) mass is 496 g/mol. The lowest BCUT2D eigenvalue weighted by Crippen LogP contribution is -2.23. The van der Waals surface area contributed by atoms with Crippen LogP contribution >= 0.6 is 11.6 Å². The maximum absolute atomic E-state index is 12.8. The zero-order valence-electron chi connectivity index (χ0n) is 20.3. The second-order valence-corrected chi connectivity index (χ2v) is 8.52. The van der Waals surface area contributed by atoms with Gasteiger partial charge in [0.25, 0.3) is 5.91 Å². The van der Waals surface area contributed by atoms with E-state index >= 15 is 0 Å². The average molecular weight is 497 g/mol. The second-order valence-electron chi connectivity index (χ2n) is 8.11.